The van der Waals surface area contributed by atoms with Crippen LogP contribution in [0.3, 0.4) is 0 Å². The van der Waals surface area contributed by atoms with Gasteiger partial charge in [0.1, 0.15) is 0 Å². The Morgan fingerprint density at radius 3 is 2.37 bits per heavy atom. The van der Waals surface area contributed by atoms with E-state index in [2.05, 4.69) is 14.8 Å². The van der Waals surface area contributed by atoms with E-state index in [9.17, 15) is 22.8 Å². The van der Waals surface area contributed by atoms with E-state index in [-0.39, 0.29) is 18.0 Å². The minimum absolute atomic E-state index is 0.0610. The zero-order chi connectivity index (χ0) is 21.7. The Hall–Kier alpha value is -3.44. The fourth-order valence-corrected chi connectivity index (χ4v) is 3.99. The molecule has 1 heterocycles. The van der Waals surface area contributed by atoms with Gasteiger partial charge in [-0.2, -0.15) is 0 Å². The minimum atomic E-state index is -4.02. The number of benzene rings is 2. The topological polar surface area (TPSA) is 131 Å². The molecule has 0 unspecified atom stereocenters. The maximum Gasteiger partial charge on any atom is 0.417 e. The summed E-state index contributed by atoms with van der Waals surface area (Å²) in [5.41, 5.74) is 0.920. The lowest BCUT2D eigenvalue weighted by Crippen LogP contribution is -2.40. The van der Waals surface area contributed by atoms with Gasteiger partial charge in [0.05, 0.1) is 24.6 Å². The third-order valence-corrected chi connectivity index (χ3v) is 5.79. The maximum atomic E-state index is 12.9. The summed E-state index contributed by atoms with van der Waals surface area (Å²) in [4.78, 5) is 35.7. The Kier molecular flexibility index (Phi) is 6.33. The van der Waals surface area contributed by atoms with E-state index >= 15 is 0 Å². The molecule has 1 fully saturated rings. The second-order valence-corrected chi connectivity index (χ2v) is 8.00. The molecule has 11 heteroatoms. The van der Waals surface area contributed by atoms with Crippen molar-refractivity contribution in [3.8, 4) is 0 Å². The third-order valence-electron chi connectivity index (χ3n) is 4.30. The van der Waals surface area contributed by atoms with E-state index in [1.54, 1.807) is 30.3 Å². The van der Waals surface area contributed by atoms with Gasteiger partial charge in [0.25, 0.3) is 5.91 Å². The molecule has 1 aliphatic rings. The van der Waals surface area contributed by atoms with Crippen LogP contribution >= 0.6 is 0 Å². The number of anilines is 1. The first-order valence-electron chi connectivity index (χ1n) is 8.79. The number of carbonyl (C=O) groups is 3. The number of hydrogen-bond acceptors (Lipinski definition) is 7. The summed E-state index contributed by atoms with van der Waals surface area (Å²) in [6, 6.07) is 13.1. The maximum absolute atomic E-state index is 12.9. The van der Waals surface area contributed by atoms with Crippen LogP contribution in [0, 0.1) is 0 Å². The molecule has 2 aromatic rings. The largest absolute Gasteiger partial charge is 0.453 e. The highest BCUT2D eigenvalue weighted by Crippen LogP contribution is 2.21. The van der Waals surface area contributed by atoms with Crippen LogP contribution < -0.4 is 10.0 Å². The number of sulfonamides is 1. The highest BCUT2D eigenvalue weighted by Gasteiger charge is 2.34. The fraction of sp³-hybridized carbons (Fsp3) is 0.211. The van der Waals surface area contributed by atoms with E-state index in [0.29, 0.717) is 11.3 Å². The Labute approximate surface area is 172 Å². The van der Waals surface area contributed by atoms with E-state index in [0.717, 1.165) is 4.90 Å². The Balaban J connectivity index is 1.83. The van der Waals surface area contributed by atoms with Gasteiger partial charge in [0.2, 0.25) is 10.0 Å². The van der Waals surface area contributed by atoms with Gasteiger partial charge in [-0.05, 0) is 29.8 Å². The van der Waals surface area contributed by atoms with Crippen LogP contribution in [0.4, 0.5) is 15.3 Å². The van der Waals surface area contributed by atoms with Crippen LogP contribution in [0.2, 0.25) is 0 Å². The van der Waals surface area contributed by atoms with Crippen molar-refractivity contribution in [3.63, 3.8) is 0 Å². The van der Waals surface area contributed by atoms with E-state index in [4.69, 9.17) is 4.74 Å². The summed E-state index contributed by atoms with van der Waals surface area (Å²) < 4.78 is 37.5. The highest BCUT2D eigenvalue weighted by molar-refractivity contribution is 7.89. The first kappa shape index (κ1) is 21.3. The van der Waals surface area contributed by atoms with E-state index in [1.807, 2.05) is 0 Å². The molecule has 0 aliphatic carbocycles. The Morgan fingerprint density at radius 1 is 1.13 bits per heavy atom. The molecule has 0 saturated carbocycles. The summed E-state index contributed by atoms with van der Waals surface area (Å²) in [6.07, 6.45) is -1.51. The van der Waals surface area contributed by atoms with Crippen molar-refractivity contribution in [2.45, 2.75) is 10.9 Å². The van der Waals surface area contributed by atoms with Gasteiger partial charge in [-0.15, -0.1) is 0 Å². The van der Waals surface area contributed by atoms with Crippen molar-refractivity contribution >= 4 is 33.8 Å². The lowest BCUT2D eigenvalue weighted by atomic mass is 10.1. The molecule has 0 bridgehead atoms. The van der Waals surface area contributed by atoms with Crippen LogP contribution in [0.25, 0.3) is 0 Å². The Bertz CT molecular complexity index is 1020. The van der Waals surface area contributed by atoms with E-state index < -0.39 is 34.2 Å². The van der Waals surface area contributed by atoms with Crippen LogP contribution in [0.5, 0.6) is 0 Å². The summed E-state index contributed by atoms with van der Waals surface area (Å²) in [6.45, 7) is -0.593. The van der Waals surface area contributed by atoms with Gasteiger partial charge < -0.3 is 9.47 Å². The molecule has 1 aliphatic heterocycles. The van der Waals surface area contributed by atoms with Gasteiger partial charge in [0.15, 0.2) is 6.61 Å². The number of amides is 3. The lowest BCUT2D eigenvalue weighted by Gasteiger charge is -2.22. The van der Waals surface area contributed by atoms with E-state index in [1.165, 1.54) is 31.4 Å². The molecular formula is C19H19N3O7S. The number of nitrogens with one attached hydrogen (secondary N) is 2. The number of ether oxygens (including phenoxy) is 2. The molecule has 2 aromatic carbocycles. The van der Waals surface area contributed by atoms with Crippen LogP contribution in [-0.4, -0.2) is 51.7 Å². The van der Waals surface area contributed by atoms with Crippen LogP contribution in [0.15, 0.2) is 59.5 Å². The quantitative estimate of drug-likeness (QED) is 0.681. The molecule has 158 valence electrons. The van der Waals surface area contributed by atoms with Crippen molar-refractivity contribution < 1.29 is 32.3 Å². The fourth-order valence-electron chi connectivity index (χ4n) is 2.78. The predicted octanol–water partition coefficient (Wildman–Crippen LogP) is 1.86. The zero-order valence-electron chi connectivity index (χ0n) is 15.9. The van der Waals surface area contributed by atoms with Gasteiger partial charge >= 0.3 is 12.2 Å². The van der Waals surface area contributed by atoms with Gasteiger partial charge in [0, 0.05) is 5.69 Å². The number of methoxy groups -OCH3 is 1. The smallest absolute Gasteiger partial charge is 0.417 e. The van der Waals surface area contributed by atoms with Gasteiger partial charge in [-0.25, -0.2) is 27.6 Å². The molecule has 3 amide bonds. The molecule has 1 atom stereocenters. The van der Waals surface area contributed by atoms with Crippen LogP contribution in [0.1, 0.15) is 11.6 Å². The molecule has 2 N–H and O–H groups in total. The van der Waals surface area contributed by atoms with Gasteiger partial charge in [-0.3, -0.25) is 10.1 Å². The van der Waals surface area contributed by atoms with Crippen molar-refractivity contribution in [1.29, 1.82) is 0 Å². The minimum Gasteiger partial charge on any atom is -0.453 e. The summed E-state index contributed by atoms with van der Waals surface area (Å²) in [5, 5.41) is 2.42. The SMILES string of the molecule is COC(=O)Nc1ccc(S(=O)(=O)N[C@H](CN2C(=O)COC2=O)c2ccccc2)cc1. The highest BCUT2D eigenvalue weighted by atomic mass is 32.2. The first-order valence-corrected chi connectivity index (χ1v) is 10.3. The second kappa shape index (κ2) is 8.93. The number of carbonyl (C=O) groups excluding carboxylic acids is 3. The average molecular weight is 433 g/mol. The summed E-state index contributed by atoms with van der Waals surface area (Å²) in [5.74, 6) is -0.543. The van der Waals surface area contributed by atoms with Crippen molar-refractivity contribution in [3.05, 3.63) is 60.2 Å². The molecule has 0 aromatic heterocycles. The second-order valence-electron chi connectivity index (χ2n) is 6.28. The lowest BCUT2D eigenvalue weighted by molar-refractivity contribution is -0.126. The number of hydrogen-bond donors (Lipinski definition) is 2. The molecule has 1 saturated heterocycles. The molecular weight excluding hydrogens is 414 g/mol. The molecule has 30 heavy (non-hydrogen) atoms. The summed E-state index contributed by atoms with van der Waals surface area (Å²) in [7, 11) is -2.81. The van der Waals surface area contributed by atoms with Crippen molar-refractivity contribution in [2.24, 2.45) is 0 Å². The monoisotopic (exact) mass is 433 g/mol. The average Bonchev–Trinajstić information content (AvgIpc) is 3.06. The predicted molar refractivity (Wildman–Crippen MR) is 105 cm³/mol. The van der Waals surface area contributed by atoms with Crippen LogP contribution in [-0.2, 0) is 24.3 Å². The molecule has 10 nitrogen and oxygen atoms in total. The number of rotatable bonds is 7. The molecule has 3 rings (SSSR count). The number of nitrogens with zero attached hydrogens (tertiary/aromatic N) is 1. The van der Waals surface area contributed by atoms with Gasteiger partial charge in [-0.1, -0.05) is 30.3 Å². The normalized spacial score (nSPS) is 14.9. The molecule has 0 radical (unpaired) electrons. The standard InChI is InChI=1S/C19H19N3O7S/c1-28-18(24)20-14-7-9-15(10-8-14)30(26,27)21-16(13-5-3-2-4-6-13)11-22-17(23)12-29-19(22)25/h2-10,16,21H,11-12H2,1H3,(H,20,24)/t16-/m1/s1. The van der Waals surface area contributed by atoms with Crippen molar-refractivity contribution in [2.75, 3.05) is 25.6 Å². The first-order chi connectivity index (χ1) is 14.3. The number of cyclic esters (lactones) is 1. The van der Waals surface area contributed by atoms with Crippen molar-refractivity contribution in [1.82, 2.24) is 9.62 Å². The third kappa shape index (κ3) is 4.93. The molecule has 0 spiro atoms. The summed E-state index contributed by atoms with van der Waals surface area (Å²) >= 11 is 0. The Morgan fingerprint density at radius 2 is 1.80 bits per heavy atom. The number of imide groups is 1. The zero-order valence-corrected chi connectivity index (χ0v) is 16.7.